The van der Waals surface area contributed by atoms with Gasteiger partial charge < -0.3 is 10.3 Å². The van der Waals surface area contributed by atoms with Crippen LogP contribution in [0, 0.1) is 0 Å². The van der Waals surface area contributed by atoms with E-state index in [1.807, 2.05) is 24.5 Å². The van der Waals surface area contributed by atoms with Crippen LogP contribution < -0.4 is 5.73 Å². The first-order valence-corrected chi connectivity index (χ1v) is 6.52. The Kier molecular flexibility index (Phi) is 3.97. The first-order valence-electron chi connectivity index (χ1n) is 5.73. The summed E-state index contributed by atoms with van der Waals surface area (Å²) in [7, 11) is 0. The molecule has 0 amide bonds. The summed E-state index contributed by atoms with van der Waals surface area (Å²) in [5.41, 5.74) is 7.11. The Morgan fingerprint density at radius 3 is 2.65 bits per heavy atom. The Balaban J connectivity index is 2.36. The fraction of sp³-hybridized carbons (Fsp3) is 0.308. The van der Waals surface area contributed by atoms with Gasteiger partial charge in [0.15, 0.2) is 0 Å². The molecule has 90 valence electrons. The molecule has 0 bridgehead atoms. The number of aryl methyl sites for hydroxylation is 1. The lowest BCUT2D eigenvalue weighted by molar-refractivity contribution is 0.568. The van der Waals surface area contributed by atoms with E-state index >= 15 is 0 Å². The molecule has 3 nitrogen and oxygen atoms in total. The number of benzene rings is 1. The number of aromatic nitrogens is 2. The number of rotatable bonds is 4. The van der Waals surface area contributed by atoms with Crippen LogP contribution in [-0.2, 0) is 6.42 Å². The van der Waals surface area contributed by atoms with E-state index in [0.29, 0.717) is 6.54 Å². The largest absolute Gasteiger partial charge is 0.328 e. The van der Waals surface area contributed by atoms with Crippen LogP contribution in [0.15, 0.2) is 41.1 Å². The van der Waals surface area contributed by atoms with Gasteiger partial charge in [0.2, 0.25) is 0 Å². The first-order chi connectivity index (χ1) is 8.26. The molecule has 0 saturated carbocycles. The van der Waals surface area contributed by atoms with Crippen molar-refractivity contribution in [2.45, 2.75) is 19.4 Å². The second-order valence-electron chi connectivity index (χ2n) is 3.91. The van der Waals surface area contributed by atoms with Crippen molar-refractivity contribution in [2.75, 3.05) is 6.54 Å². The van der Waals surface area contributed by atoms with E-state index in [4.69, 9.17) is 5.73 Å². The van der Waals surface area contributed by atoms with Crippen molar-refractivity contribution < 1.29 is 0 Å². The normalized spacial score (nSPS) is 12.6. The van der Waals surface area contributed by atoms with Crippen LogP contribution in [0.3, 0.4) is 0 Å². The average Bonchev–Trinajstić information content (AvgIpc) is 2.81. The SMILES string of the molecule is CCc1nccn1C(CN)c1ccc(Br)cc1. The monoisotopic (exact) mass is 293 g/mol. The number of nitrogens with two attached hydrogens (primary N) is 1. The zero-order valence-corrected chi connectivity index (χ0v) is 11.4. The van der Waals surface area contributed by atoms with Gasteiger partial charge in [-0.15, -0.1) is 0 Å². The van der Waals surface area contributed by atoms with Crippen molar-refractivity contribution in [1.82, 2.24) is 9.55 Å². The number of hydrogen-bond acceptors (Lipinski definition) is 2. The summed E-state index contributed by atoms with van der Waals surface area (Å²) in [5, 5.41) is 0. The molecule has 1 atom stereocenters. The highest BCUT2D eigenvalue weighted by Gasteiger charge is 2.14. The zero-order valence-electron chi connectivity index (χ0n) is 9.81. The van der Waals surface area contributed by atoms with E-state index in [1.165, 1.54) is 5.56 Å². The number of imidazole rings is 1. The number of hydrogen-bond donors (Lipinski definition) is 1. The predicted molar refractivity (Wildman–Crippen MR) is 72.9 cm³/mol. The molecule has 2 aromatic rings. The molecule has 2 N–H and O–H groups in total. The second-order valence-corrected chi connectivity index (χ2v) is 4.82. The maximum absolute atomic E-state index is 5.90. The number of halogens is 1. The molecule has 1 aromatic heterocycles. The molecule has 0 aliphatic heterocycles. The lowest BCUT2D eigenvalue weighted by Crippen LogP contribution is -2.21. The minimum absolute atomic E-state index is 0.167. The van der Waals surface area contributed by atoms with Gasteiger partial charge >= 0.3 is 0 Å². The molecule has 0 fully saturated rings. The summed E-state index contributed by atoms with van der Waals surface area (Å²) in [6.45, 7) is 2.68. The van der Waals surface area contributed by atoms with E-state index < -0.39 is 0 Å². The van der Waals surface area contributed by atoms with E-state index in [9.17, 15) is 0 Å². The summed E-state index contributed by atoms with van der Waals surface area (Å²) in [4.78, 5) is 4.34. The lowest BCUT2D eigenvalue weighted by Gasteiger charge is -2.19. The van der Waals surface area contributed by atoms with E-state index in [1.54, 1.807) is 0 Å². The fourth-order valence-electron chi connectivity index (χ4n) is 2.00. The van der Waals surface area contributed by atoms with Gasteiger partial charge in [-0.3, -0.25) is 0 Å². The van der Waals surface area contributed by atoms with Gasteiger partial charge in [-0.1, -0.05) is 35.0 Å². The average molecular weight is 294 g/mol. The maximum atomic E-state index is 5.90. The molecule has 0 saturated heterocycles. The van der Waals surface area contributed by atoms with Gasteiger partial charge in [0.25, 0.3) is 0 Å². The Morgan fingerprint density at radius 1 is 1.35 bits per heavy atom. The Morgan fingerprint density at radius 2 is 2.06 bits per heavy atom. The molecule has 0 spiro atoms. The van der Waals surface area contributed by atoms with E-state index in [2.05, 4.69) is 44.5 Å². The third-order valence-electron chi connectivity index (χ3n) is 2.88. The molecule has 1 aromatic carbocycles. The highest BCUT2D eigenvalue weighted by molar-refractivity contribution is 9.10. The third kappa shape index (κ3) is 2.58. The molecular weight excluding hydrogens is 278 g/mol. The number of nitrogens with zero attached hydrogens (tertiary/aromatic N) is 2. The summed E-state index contributed by atoms with van der Waals surface area (Å²) in [6.07, 6.45) is 4.75. The van der Waals surface area contributed by atoms with Gasteiger partial charge in [0.05, 0.1) is 6.04 Å². The molecule has 0 aliphatic carbocycles. The van der Waals surface area contributed by atoms with Gasteiger partial charge in [-0.2, -0.15) is 0 Å². The van der Waals surface area contributed by atoms with Crippen molar-refractivity contribution >= 4 is 15.9 Å². The van der Waals surface area contributed by atoms with Crippen LogP contribution in [0.2, 0.25) is 0 Å². The highest BCUT2D eigenvalue weighted by atomic mass is 79.9. The Labute approximate surface area is 110 Å². The minimum Gasteiger partial charge on any atom is -0.328 e. The zero-order chi connectivity index (χ0) is 12.3. The van der Waals surface area contributed by atoms with Crippen molar-refractivity contribution in [3.05, 3.63) is 52.5 Å². The van der Waals surface area contributed by atoms with Crippen LogP contribution in [-0.4, -0.2) is 16.1 Å². The molecule has 17 heavy (non-hydrogen) atoms. The van der Waals surface area contributed by atoms with Crippen molar-refractivity contribution in [3.63, 3.8) is 0 Å². The minimum atomic E-state index is 0.167. The van der Waals surface area contributed by atoms with Crippen LogP contribution >= 0.6 is 15.9 Å². The highest BCUT2D eigenvalue weighted by Crippen LogP contribution is 2.21. The van der Waals surface area contributed by atoms with Gasteiger partial charge in [0, 0.05) is 29.8 Å². The van der Waals surface area contributed by atoms with Crippen LogP contribution in [0.25, 0.3) is 0 Å². The summed E-state index contributed by atoms with van der Waals surface area (Å²) in [5.74, 6) is 1.07. The van der Waals surface area contributed by atoms with Gasteiger partial charge in [-0.05, 0) is 17.7 Å². The smallest absolute Gasteiger partial charge is 0.108 e. The van der Waals surface area contributed by atoms with E-state index in [0.717, 1.165) is 16.7 Å². The molecule has 1 unspecified atom stereocenters. The summed E-state index contributed by atoms with van der Waals surface area (Å²) in [6, 6.07) is 8.45. The van der Waals surface area contributed by atoms with Crippen LogP contribution in [0.4, 0.5) is 0 Å². The van der Waals surface area contributed by atoms with Gasteiger partial charge in [-0.25, -0.2) is 4.98 Å². The molecule has 1 heterocycles. The van der Waals surface area contributed by atoms with Crippen LogP contribution in [0.5, 0.6) is 0 Å². The Bertz CT molecular complexity index is 476. The lowest BCUT2D eigenvalue weighted by atomic mass is 10.1. The molecule has 0 radical (unpaired) electrons. The van der Waals surface area contributed by atoms with Gasteiger partial charge in [0.1, 0.15) is 5.82 Å². The molecule has 2 rings (SSSR count). The molecule has 4 heteroatoms. The Hall–Kier alpha value is -1.13. The first kappa shape index (κ1) is 12.3. The summed E-state index contributed by atoms with van der Waals surface area (Å²) >= 11 is 3.44. The van der Waals surface area contributed by atoms with Crippen molar-refractivity contribution in [1.29, 1.82) is 0 Å². The topological polar surface area (TPSA) is 43.8 Å². The fourth-order valence-corrected chi connectivity index (χ4v) is 2.26. The van der Waals surface area contributed by atoms with E-state index in [-0.39, 0.29) is 6.04 Å². The summed E-state index contributed by atoms with van der Waals surface area (Å²) < 4.78 is 3.24. The quantitative estimate of drug-likeness (QED) is 0.942. The standard InChI is InChI=1S/C13H16BrN3/c1-2-13-16-7-8-17(13)12(9-15)10-3-5-11(14)6-4-10/h3-8,12H,2,9,15H2,1H3. The molecular formula is C13H16BrN3. The third-order valence-corrected chi connectivity index (χ3v) is 3.41. The van der Waals surface area contributed by atoms with Crippen molar-refractivity contribution in [3.8, 4) is 0 Å². The second kappa shape index (κ2) is 5.47. The van der Waals surface area contributed by atoms with Crippen molar-refractivity contribution in [2.24, 2.45) is 5.73 Å². The maximum Gasteiger partial charge on any atom is 0.108 e. The van der Waals surface area contributed by atoms with Crippen LogP contribution in [0.1, 0.15) is 24.4 Å². The predicted octanol–water partition coefficient (Wildman–Crippen LogP) is 2.76. The molecule has 0 aliphatic rings.